The molecular weight excluding hydrogens is 180 g/mol. The van der Waals surface area contributed by atoms with E-state index in [1.807, 2.05) is 5.92 Å². The largest absolute Gasteiger partial charge is 0.109 e. The molecule has 0 aliphatic heterocycles. The van der Waals surface area contributed by atoms with Gasteiger partial charge in [0.1, 0.15) is 11.3 Å². The smallest absolute Gasteiger partial charge is 0.0619 e. The summed E-state index contributed by atoms with van der Waals surface area (Å²) in [6.45, 7) is 10.1. The van der Waals surface area contributed by atoms with Crippen LogP contribution >= 0.6 is 0 Å². The molecule has 3 rings (SSSR count). The van der Waals surface area contributed by atoms with Gasteiger partial charge in [0, 0.05) is 17.8 Å². The molecule has 3 aliphatic carbocycles. The summed E-state index contributed by atoms with van der Waals surface area (Å²) in [4.78, 5) is 0. The van der Waals surface area contributed by atoms with E-state index in [1.165, 1.54) is 32.1 Å². The van der Waals surface area contributed by atoms with Crippen molar-refractivity contribution in [1.82, 2.24) is 0 Å². The zero-order valence-corrected chi connectivity index (χ0v) is 10.8. The Kier molecular flexibility index (Phi) is 1.85. The lowest BCUT2D eigenvalue weighted by atomic mass is 9.63. The average Bonchev–Trinajstić information content (AvgIpc) is 2.53. The Morgan fingerprint density at radius 3 is 2.60 bits per heavy atom. The van der Waals surface area contributed by atoms with Gasteiger partial charge in [0.15, 0.2) is 0 Å². The van der Waals surface area contributed by atoms with Crippen molar-refractivity contribution in [1.29, 1.82) is 0 Å². The third-order valence-corrected chi connectivity index (χ3v) is 5.92. The zero-order chi connectivity index (χ0) is 10.8. The second-order valence-electron chi connectivity index (χ2n) is 7.44. The molecule has 15 heavy (non-hydrogen) atoms. The Bertz CT molecular complexity index is 278. The van der Waals surface area contributed by atoms with Crippen molar-refractivity contribution in [3.8, 4) is 0 Å². The Morgan fingerprint density at radius 2 is 1.87 bits per heavy atom. The molecule has 0 heteroatoms. The van der Waals surface area contributed by atoms with Crippen molar-refractivity contribution in [3.63, 3.8) is 0 Å². The summed E-state index contributed by atoms with van der Waals surface area (Å²) in [5.41, 5.74) is 1.23. The van der Waals surface area contributed by atoms with Crippen molar-refractivity contribution >= 4 is 0 Å². The fourth-order valence-electron chi connectivity index (χ4n) is 5.46. The molecule has 4 atom stereocenters. The number of hydrogen-bond donors (Lipinski definition) is 0. The molecule has 0 aromatic rings. The molecule has 0 amide bonds. The Morgan fingerprint density at radius 1 is 1.13 bits per heavy atom. The third-order valence-electron chi connectivity index (χ3n) is 5.92. The molecule has 0 saturated heterocycles. The summed E-state index contributed by atoms with van der Waals surface area (Å²) < 4.78 is 0. The molecule has 0 heterocycles. The highest BCUT2D eigenvalue weighted by Crippen LogP contribution is 2.70. The Hall–Kier alpha value is -0.130. The van der Waals surface area contributed by atoms with Crippen LogP contribution in [0.1, 0.15) is 59.8 Å². The molecule has 0 radical (unpaired) electrons. The van der Waals surface area contributed by atoms with E-state index in [-0.39, 0.29) is 0 Å². The van der Waals surface area contributed by atoms with Gasteiger partial charge in [0.25, 0.3) is 0 Å². The standard InChI is InChI=1S/C15H25/c1-10-5-6-12-13-11(10)7-8-15(13,4)9-14(12,2)3/h10-11,13H,5-9H2,1-4H3/q+1/t10-,11-,13+,15-/m0/s1. The summed E-state index contributed by atoms with van der Waals surface area (Å²) in [5, 5.41) is 0. The minimum atomic E-state index is 0.554. The van der Waals surface area contributed by atoms with Crippen LogP contribution in [0.25, 0.3) is 0 Å². The van der Waals surface area contributed by atoms with Gasteiger partial charge < -0.3 is 0 Å². The topological polar surface area (TPSA) is 0 Å². The lowest BCUT2D eigenvalue weighted by molar-refractivity contribution is 0.168. The van der Waals surface area contributed by atoms with Gasteiger partial charge in [-0.1, -0.05) is 13.8 Å². The maximum Gasteiger partial charge on any atom is 0.109 e. The van der Waals surface area contributed by atoms with Crippen molar-refractivity contribution in [3.05, 3.63) is 5.92 Å². The molecule has 0 aromatic carbocycles. The summed E-state index contributed by atoms with van der Waals surface area (Å²) in [6, 6.07) is 0. The minimum Gasteiger partial charge on any atom is -0.0619 e. The minimum absolute atomic E-state index is 0.554. The molecule has 84 valence electrons. The van der Waals surface area contributed by atoms with Crippen LogP contribution in [0, 0.1) is 34.5 Å². The van der Waals surface area contributed by atoms with Gasteiger partial charge in [0.2, 0.25) is 0 Å². The van der Waals surface area contributed by atoms with E-state index in [9.17, 15) is 0 Å². The van der Waals surface area contributed by atoms with Gasteiger partial charge in [0.05, 0.1) is 12.3 Å². The quantitative estimate of drug-likeness (QED) is 0.512. The summed E-state index contributed by atoms with van der Waals surface area (Å²) in [5.74, 6) is 4.98. The monoisotopic (exact) mass is 205 g/mol. The first-order valence-electron chi connectivity index (χ1n) is 6.80. The molecule has 3 fully saturated rings. The summed E-state index contributed by atoms with van der Waals surface area (Å²) in [7, 11) is 0. The Labute approximate surface area is 94.8 Å². The predicted octanol–water partition coefficient (Wildman–Crippen LogP) is 4.45. The van der Waals surface area contributed by atoms with Crippen LogP contribution < -0.4 is 0 Å². The summed E-state index contributed by atoms with van der Waals surface area (Å²) >= 11 is 0. The maximum absolute atomic E-state index is 2.57. The zero-order valence-electron chi connectivity index (χ0n) is 10.8. The average molecular weight is 205 g/mol. The SMILES string of the molecule is C[C@H]1CC[C+]2[C@H]3[C@H]1CC[C@@]3(C)CC2(C)C. The second kappa shape index (κ2) is 2.76. The maximum atomic E-state index is 2.57. The van der Waals surface area contributed by atoms with Gasteiger partial charge in [-0.2, -0.15) is 0 Å². The molecule has 3 aliphatic rings. The highest BCUT2D eigenvalue weighted by atomic mass is 14.7. The lowest BCUT2D eigenvalue weighted by Gasteiger charge is -2.33. The lowest BCUT2D eigenvalue weighted by Crippen LogP contribution is -2.33. The third kappa shape index (κ3) is 1.17. The first kappa shape index (κ1) is 10.1. The van der Waals surface area contributed by atoms with Crippen LogP contribution in [-0.2, 0) is 0 Å². The van der Waals surface area contributed by atoms with Crippen molar-refractivity contribution in [2.45, 2.75) is 59.8 Å². The summed E-state index contributed by atoms with van der Waals surface area (Å²) in [6.07, 6.45) is 7.38. The first-order chi connectivity index (χ1) is 6.94. The van der Waals surface area contributed by atoms with Crippen LogP contribution in [0.4, 0.5) is 0 Å². The van der Waals surface area contributed by atoms with Crippen LogP contribution in [0.2, 0.25) is 0 Å². The second-order valence-corrected chi connectivity index (χ2v) is 7.44. The molecule has 3 saturated carbocycles. The van der Waals surface area contributed by atoms with Crippen LogP contribution in [0.3, 0.4) is 0 Å². The molecule has 0 nitrogen and oxygen atoms in total. The molecule has 0 bridgehead atoms. The van der Waals surface area contributed by atoms with Crippen LogP contribution in [0.15, 0.2) is 0 Å². The molecule has 0 aromatic heterocycles. The molecule has 0 spiro atoms. The van der Waals surface area contributed by atoms with Gasteiger partial charge in [-0.3, -0.25) is 0 Å². The van der Waals surface area contributed by atoms with E-state index in [0.29, 0.717) is 10.8 Å². The van der Waals surface area contributed by atoms with Crippen molar-refractivity contribution in [2.75, 3.05) is 0 Å². The van der Waals surface area contributed by atoms with Crippen molar-refractivity contribution in [2.24, 2.45) is 28.6 Å². The van der Waals surface area contributed by atoms with E-state index in [1.54, 1.807) is 0 Å². The van der Waals surface area contributed by atoms with Gasteiger partial charge in [-0.05, 0) is 39.0 Å². The molecule has 0 unspecified atom stereocenters. The fraction of sp³-hybridized carbons (Fsp3) is 0.933. The number of hydrogen-bond acceptors (Lipinski definition) is 0. The predicted molar refractivity (Wildman–Crippen MR) is 64.4 cm³/mol. The highest BCUT2D eigenvalue weighted by Gasteiger charge is 2.69. The van der Waals surface area contributed by atoms with E-state index >= 15 is 0 Å². The van der Waals surface area contributed by atoms with Crippen LogP contribution in [-0.4, -0.2) is 0 Å². The van der Waals surface area contributed by atoms with Gasteiger partial charge in [-0.25, -0.2) is 0 Å². The van der Waals surface area contributed by atoms with Crippen LogP contribution in [0.5, 0.6) is 0 Å². The Balaban J connectivity index is 2.00. The fourth-order valence-corrected chi connectivity index (χ4v) is 5.46. The normalized spacial score (nSPS) is 52.0. The van der Waals surface area contributed by atoms with E-state index in [2.05, 4.69) is 27.7 Å². The van der Waals surface area contributed by atoms with E-state index in [0.717, 1.165) is 17.8 Å². The molecular formula is C15H25+. The highest BCUT2D eigenvalue weighted by molar-refractivity contribution is 5.24. The first-order valence-corrected chi connectivity index (χ1v) is 6.80. The van der Waals surface area contributed by atoms with Crippen molar-refractivity contribution < 1.29 is 0 Å². The van der Waals surface area contributed by atoms with Gasteiger partial charge >= 0.3 is 0 Å². The van der Waals surface area contributed by atoms with E-state index in [4.69, 9.17) is 0 Å². The van der Waals surface area contributed by atoms with E-state index < -0.39 is 0 Å². The van der Waals surface area contributed by atoms with Gasteiger partial charge in [-0.15, -0.1) is 0 Å². The number of rotatable bonds is 0. The molecule has 0 N–H and O–H groups in total.